The zero-order chi connectivity index (χ0) is 25.4. The van der Waals surface area contributed by atoms with Gasteiger partial charge in [-0.25, -0.2) is 4.79 Å². The van der Waals surface area contributed by atoms with E-state index in [1.54, 1.807) is 13.3 Å². The number of hydrogen-bond donors (Lipinski definition) is 4. The fourth-order valence-electron chi connectivity index (χ4n) is 5.23. The van der Waals surface area contributed by atoms with Crippen LogP contribution in [0.15, 0.2) is 24.4 Å². The molecule has 2 aromatic rings. The number of nitrogens with zero attached hydrogens (tertiary/aromatic N) is 2. The molecule has 0 saturated carbocycles. The lowest BCUT2D eigenvalue weighted by atomic mass is 9.84. The molecule has 10 heteroatoms. The van der Waals surface area contributed by atoms with Crippen LogP contribution in [0.25, 0.3) is 10.9 Å². The van der Waals surface area contributed by atoms with E-state index in [1.165, 1.54) is 0 Å². The van der Waals surface area contributed by atoms with E-state index in [0.717, 1.165) is 31.2 Å². The van der Waals surface area contributed by atoms with E-state index in [-0.39, 0.29) is 30.4 Å². The van der Waals surface area contributed by atoms with Crippen molar-refractivity contribution in [2.45, 2.75) is 70.0 Å². The largest absolute Gasteiger partial charge is 0.465 e. The van der Waals surface area contributed by atoms with E-state index in [2.05, 4.69) is 21.7 Å². The van der Waals surface area contributed by atoms with E-state index in [0.29, 0.717) is 42.6 Å². The van der Waals surface area contributed by atoms with Gasteiger partial charge in [0.15, 0.2) is 0 Å². The van der Waals surface area contributed by atoms with E-state index in [1.807, 2.05) is 36.9 Å². The van der Waals surface area contributed by atoms with Crippen molar-refractivity contribution in [2.24, 2.45) is 0 Å². The van der Waals surface area contributed by atoms with Gasteiger partial charge in [0, 0.05) is 50.0 Å². The van der Waals surface area contributed by atoms with Crippen molar-refractivity contribution in [3.8, 4) is 6.07 Å². The molecule has 1 aliphatic rings. The number of H-pyrrole nitrogens is 1. The molecule has 1 aromatic carbocycles. The molecule has 1 fully saturated rings. The van der Waals surface area contributed by atoms with Crippen molar-refractivity contribution in [2.75, 3.05) is 26.8 Å². The number of piperidine rings is 1. The van der Waals surface area contributed by atoms with Crippen LogP contribution in [0.3, 0.4) is 0 Å². The number of carbonyl (C=O) groups is 2. The van der Waals surface area contributed by atoms with E-state index in [4.69, 9.17) is 4.74 Å². The second-order valence-corrected chi connectivity index (χ2v) is 9.45. The van der Waals surface area contributed by atoms with Crippen molar-refractivity contribution < 1.29 is 19.4 Å². The van der Waals surface area contributed by atoms with E-state index < -0.39 is 18.1 Å². The molecule has 1 aliphatic heterocycles. The maximum Gasteiger partial charge on any atom is 0.404 e. The van der Waals surface area contributed by atoms with E-state index >= 15 is 0 Å². The lowest BCUT2D eigenvalue weighted by Gasteiger charge is -2.41. The highest BCUT2D eigenvalue weighted by Crippen LogP contribution is 2.34. The number of nitrogens with one attached hydrogen (secondary N) is 3. The molecule has 0 radical (unpaired) electrons. The van der Waals surface area contributed by atoms with Crippen molar-refractivity contribution in [3.05, 3.63) is 35.5 Å². The van der Waals surface area contributed by atoms with Crippen LogP contribution in [0.1, 0.15) is 63.0 Å². The zero-order valence-corrected chi connectivity index (χ0v) is 22.1. The minimum atomic E-state index is -1.16. The fraction of sp³-hybridized carbons (Fsp3) is 0.577. The quantitative estimate of drug-likeness (QED) is 0.332. The lowest BCUT2D eigenvalue weighted by Crippen LogP contribution is -2.55. The molecule has 198 valence electrons. The molecule has 36 heavy (non-hydrogen) atoms. The van der Waals surface area contributed by atoms with Crippen molar-refractivity contribution in [3.63, 3.8) is 0 Å². The summed E-state index contributed by atoms with van der Waals surface area (Å²) in [4.78, 5) is 31.3. The Kier molecular flexibility index (Phi) is 11.5. The minimum Gasteiger partial charge on any atom is -0.465 e. The van der Waals surface area contributed by atoms with Gasteiger partial charge in [-0.3, -0.25) is 4.79 Å². The predicted molar refractivity (Wildman–Crippen MR) is 142 cm³/mol. The maximum absolute atomic E-state index is 14.4. The third-order valence-electron chi connectivity index (χ3n) is 6.77. The van der Waals surface area contributed by atoms with Gasteiger partial charge >= 0.3 is 6.09 Å². The maximum atomic E-state index is 14.4. The van der Waals surface area contributed by atoms with E-state index in [9.17, 15) is 20.0 Å². The molecule has 2 unspecified atom stereocenters. The first-order valence-corrected chi connectivity index (χ1v) is 12.4. The van der Waals surface area contributed by atoms with Crippen LogP contribution >= 0.6 is 12.4 Å². The smallest absolute Gasteiger partial charge is 0.404 e. The Hall–Kier alpha value is -2.80. The molecule has 0 aliphatic carbocycles. The number of rotatable bonds is 11. The standard InChI is InChI=1S/C26H37N5O4.ClH/c1-17(2)31(19-8-7-12-28-16-19)25(32)23(22(30-26(33)34)11-4-5-13-35-3)21-10-6-9-20-18(14-27)15-29-24(20)21;/h6,9-10,15,17,19,22-23,28-30H,4-5,7-8,11-13,16H2,1-3H3,(H,33,34);1H/t19-,22?,23?;/m1./s1. The highest BCUT2D eigenvalue weighted by atomic mass is 35.5. The molecule has 0 bridgehead atoms. The number of halogens is 1. The monoisotopic (exact) mass is 519 g/mol. The van der Waals surface area contributed by atoms with Gasteiger partial charge in [-0.1, -0.05) is 18.2 Å². The Balaban J connectivity index is 0.00000456. The average Bonchev–Trinajstić information content (AvgIpc) is 3.26. The Morgan fingerprint density at radius 3 is 2.72 bits per heavy atom. The molecule has 3 rings (SSSR count). The number of para-hydroxylation sites is 1. The summed E-state index contributed by atoms with van der Waals surface area (Å²) in [5.41, 5.74) is 1.89. The number of ether oxygens (including phenoxy) is 1. The highest BCUT2D eigenvalue weighted by Gasteiger charge is 2.39. The number of aromatic amines is 1. The van der Waals surface area contributed by atoms with Crippen LogP contribution in [-0.4, -0.2) is 71.9 Å². The number of benzene rings is 1. The van der Waals surface area contributed by atoms with Gasteiger partial charge in [0.1, 0.15) is 6.07 Å². The molecule has 1 saturated heterocycles. The van der Waals surface area contributed by atoms with Crippen LogP contribution in [0.2, 0.25) is 0 Å². The number of fused-ring (bicyclic) bond motifs is 1. The summed E-state index contributed by atoms with van der Waals surface area (Å²) >= 11 is 0. The zero-order valence-electron chi connectivity index (χ0n) is 21.3. The molecule has 2 heterocycles. The Morgan fingerprint density at radius 1 is 1.33 bits per heavy atom. The lowest BCUT2D eigenvalue weighted by molar-refractivity contribution is -0.138. The molecule has 1 aromatic heterocycles. The molecular weight excluding hydrogens is 482 g/mol. The van der Waals surface area contributed by atoms with Gasteiger partial charge in [-0.15, -0.1) is 12.4 Å². The normalized spacial score (nSPS) is 17.1. The summed E-state index contributed by atoms with van der Waals surface area (Å²) in [6.07, 6.45) is 4.33. The number of amides is 2. The van der Waals surface area contributed by atoms with Gasteiger partial charge in [-0.05, 0) is 58.1 Å². The number of hydrogen-bond acceptors (Lipinski definition) is 5. The van der Waals surface area contributed by atoms with Crippen LogP contribution in [0, 0.1) is 11.3 Å². The number of carbonyl (C=O) groups excluding carboxylic acids is 1. The molecule has 3 atom stereocenters. The molecule has 0 spiro atoms. The first-order valence-electron chi connectivity index (χ1n) is 12.4. The Morgan fingerprint density at radius 2 is 2.11 bits per heavy atom. The van der Waals surface area contributed by atoms with Gasteiger partial charge in [0.05, 0.1) is 17.0 Å². The van der Waals surface area contributed by atoms with Gasteiger partial charge in [0.25, 0.3) is 0 Å². The average molecular weight is 520 g/mol. The summed E-state index contributed by atoms with van der Waals surface area (Å²) in [5.74, 6) is -0.841. The predicted octanol–water partition coefficient (Wildman–Crippen LogP) is 3.99. The summed E-state index contributed by atoms with van der Waals surface area (Å²) < 4.78 is 5.16. The second-order valence-electron chi connectivity index (χ2n) is 9.45. The number of nitriles is 1. The van der Waals surface area contributed by atoms with Gasteiger partial charge in [0.2, 0.25) is 5.91 Å². The number of methoxy groups -OCH3 is 1. The van der Waals surface area contributed by atoms with Gasteiger partial charge < -0.3 is 30.4 Å². The van der Waals surface area contributed by atoms with Crippen molar-refractivity contribution in [1.29, 1.82) is 5.26 Å². The number of unbranched alkanes of at least 4 members (excludes halogenated alkanes) is 1. The second kappa shape index (κ2) is 14.1. The minimum absolute atomic E-state index is 0. The summed E-state index contributed by atoms with van der Waals surface area (Å²) in [6, 6.07) is 7.09. The third-order valence-corrected chi connectivity index (χ3v) is 6.77. The summed E-state index contributed by atoms with van der Waals surface area (Å²) in [7, 11) is 1.64. The number of aromatic nitrogens is 1. The fourth-order valence-corrected chi connectivity index (χ4v) is 5.23. The topological polar surface area (TPSA) is 130 Å². The van der Waals surface area contributed by atoms with Crippen molar-refractivity contribution >= 4 is 35.3 Å². The highest BCUT2D eigenvalue weighted by molar-refractivity contribution is 5.94. The molecule has 9 nitrogen and oxygen atoms in total. The SMILES string of the molecule is COCCCCC(NC(=O)O)C(C(=O)N(C(C)C)[C@@H]1CCCNC1)c1cccc2c(C#N)c[nH]c12.Cl. The van der Waals surface area contributed by atoms with Crippen molar-refractivity contribution in [1.82, 2.24) is 20.5 Å². The van der Waals surface area contributed by atoms with Crippen LogP contribution in [-0.2, 0) is 9.53 Å². The van der Waals surface area contributed by atoms with Gasteiger partial charge in [-0.2, -0.15) is 5.26 Å². The molecular formula is C26H38ClN5O4. The number of carboxylic acid groups (broad SMARTS) is 1. The van der Waals surface area contributed by atoms with Crippen LogP contribution in [0.5, 0.6) is 0 Å². The molecule has 4 N–H and O–H groups in total. The Bertz CT molecular complexity index is 1040. The summed E-state index contributed by atoms with van der Waals surface area (Å²) in [6.45, 7) is 6.23. The van der Waals surface area contributed by atoms with Crippen LogP contribution in [0.4, 0.5) is 4.79 Å². The third kappa shape index (κ3) is 6.90. The van der Waals surface area contributed by atoms with Crippen LogP contribution < -0.4 is 10.6 Å². The Labute approximate surface area is 219 Å². The first kappa shape index (κ1) is 29.4. The first-order chi connectivity index (χ1) is 16.9. The molecule has 2 amide bonds. The summed E-state index contributed by atoms with van der Waals surface area (Å²) in [5, 5.41) is 26.0.